The molecule has 0 aliphatic heterocycles. The van der Waals surface area contributed by atoms with Crippen LogP contribution in [0.25, 0.3) is 16.9 Å². The van der Waals surface area contributed by atoms with Gasteiger partial charge in [-0.2, -0.15) is 14.8 Å². The van der Waals surface area contributed by atoms with Gasteiger partial charge in [0.05, 0.1) is 36.9 Å². The Morgan fingerprint density at radius 1 is 1.07 bits per heavy atom. The van der Waals surface area contributed by atoms with Crippen LogP contribution >= 0.6 is 0 Å². The first-order valence-corrected chi connectivity index (χ1v) is 9.84. The van der Waals surface area contributed by atoms with Crippen LogP contribution in [0.4, 0.5) is 11.6 Å². The van der Waals surface area contributed by atoms with Gasteiger partial charge in [-0.25, -0.2) is 4.98 Å². The second kappa shape index (κ2) is 7.50. The van der Waals surface area contributed by atoms with Crippen LogP contribution in [0.3, 0.4) is 0 Å². The maximum absolute atomic E-state index is 5.22. The maximum atomic E-state index is 5.22. The molecule has 1 aliphatic rings. The van der Waals surface area contributed by atoms with Crippen molar-refractivity contribution < 1.29 is 4.74 Å². The summed E-state index contributed by atoms with van der Waals surface area (Å²) >= 11 is 0. The molecule has 1 saturated carbocycles. The summed E-state index contributed by atoms with van der Waals surface area (Å²) in [4.78, 5) is 8.98. The highest BCUT2D eigenvalue weighted by molar-refractivity contribution is 5.72. The molecule has 0 radical (unpaired) electrons. The number of methoxy groups -OCH3 is 1. The van der Waals surface area contributed by atoms with Gasteiger partial charge >= 0.3 is 0 Å². The van der Waals surface area contributed by atoms with Crippen molar-refractivity contribution >= 4 is 22.8 Å². The molecular formula is C20H22N8O. The largest absolute Gasteiger partial charge is 0.497 e. The number of hydrogen-bond acceptors (Lipinski definition) is 7. The lowest BCUT2D eigenvalue weighted by Gasteiger charge is -2.21. The molecule has 1 N–H and O–H groups in total. The maximum Gasteiger partial charge on any atom is 0.229 e. The Labute approximate surface area is 167 Å². The van der Waals surface area contributed by atoms with Gasteiger partial charge in [0.1, 0.15) is 5.75 Å². The normalized spacial score (nSPS) is 14.9. The number of anilines is 2. The molecule has 1 aromatic carbocycles. The number of fused-ring (bicyclic) bond motifs is 1. The van der Waals surface area contributed by atoms with Crippen LogP contribution in [0.1, 0.15) is 38.1 Å². The van der Waals surface area contributed by atoms with Gasteiger partial charge in [-0.15, -0.1) is 5.10 Å². The molecule has 5 rings (SSSR count). The lowest BCUT2D eigenvalue weighted by Crippen LogP contribution is -2.12. The standard InChI is InChI=1S/C20H22N8O/c1-29-17-9-7-16(8-10-17)28-19-18(25-26-28)12-21-20(24-19)23-14-11-22-27(13-14)15-5-3-2-4-6-15/h7-13,15H,2-6H2,1H3,(H,21,23,24). The Hall–Kier alpha value is -3.49. The summed E-state index contributed by atoms with van der Waals surface area (Å²) < 4.78 is 8.96. The Kier molecular flexibility index (Phi) is 4.55. The van der Waals surface area contributed by atoms with E-state index in [1.165, 1.54) is 32.1 Å². The molecule has 1 fully saturated rings. The zero-order valence-corrected chi connectivity index (χ0v) is 16.2. The van der Waals surface area contributed by atoms with E-state index in [9.17, 15) is 0 Å². The number of aromatic nitrogens is 7. The van der Waals surface area contributed by atoms with Crippen molar-refractivity contribution in [2.75, 3.05) is 12.4 Å². The van der Waals surface area contributed by atoms with Crippen LogP contribution in [0.15, 0.2) is 42.9 Å². The molecule has 29 heavy (non-hydrogen) atoms. The second-order valence-corrected chi connectivity index (χ2v) is 7.23. The third kappa shape index (κ3) is 3.51. The smallest absolute Gasteiger partial charge is 0.229 e. The van der Waals surface area contributed by atoms with E-state index in [0.29, 0.717) is 23.2 Å². The highest BCUT2D eigenvalue weighted by Crippen LogP contribution is 2.28. The second-order valence-electron chi connectivity index (χ2n) is 7.23. The van der Waals surface area contributed by atoms with Crippen molar-refractivity contribution in [3.63, 3.8) is 0 Å². The molecule has 4 aromatic rings. The van der Waals surface area contributed by atoms with E-state index in [4.69, 9.17) is 4.74 Å². The Bertz CT molecular complexity index is 1110. The van der Waals surface area contributed by atoms with Gasteiger partial charge in [-0.1, -0.05) is 24.5 Å². The molecule has 9 heteroatoms. The van der Waals surface area contributed by atoms with Crippen molar-refractivity contribution in [1.82, 2.24) is 34.7 Å². The van der Waals surface area contributed by atoms with E-state index in [1.54, 1.807) is 18.0 Å². The summed E-state index contributed by atoms with van der Waals surface area (Å²) in [5.41, 5.74) is 2.98. The third-order valence-electron chi connectivity index (χ3n) is 5.32. The first-order valence-electron chi connectivity index (χ1n) is 9.84. The van der Waals surface area contributed by atoms with E-state index in [0.717, 1.165) is 17.1 Å². The topological polar surface area (TPSA) is 95.6 Å². The fourth-order valence-corrected chi connectivity index (χ4v) is 3.76. The summed E-state index contributed by atoms with van der Waals surface area (Å²) in [6, 6.07) is 8.07. The third-order valence-corrected chi connectivity index (χ3v) is 5.32. The van der Waals surface area contributed by atoms with Gasteiger partial charge in [0.15, 0.2) is 11.2 Å². The fourth-order valence-electron chi connectivity index (χ4n) is 3.76. The number of nitrogens with one attached hydrogen (secondary N) is 1. The predicted molar refractivity (Wildman–Crippen MR) is 109 cm³/mol. The Morgan fingerprint density at radius 2 is 1.90 bits per heavy atom. The molecule has 0 saturated heterocycles. The fraction of sp³-hybridized carbons (Fsp3) is 0.350. The SMILES string of the molecule is COc1ccc(-n2nnc3cnc(Nc4cnn(C5CCCCC5)c4)nc32)cc1. The van der Waals surface area contributed by atoms with Crippen molar-refractivity contribution in [2.24, 2.45) is 0 Å². The van der Waals surface area contributed by atoms with E-state index in [1.807, 2.05) is 36.7 Å². The minimum absolute atomic E-state index is 0.484. The molecule has 1 aliphatic carbocycles. The molecule has 0 atom stereocenters. The van der Waals surface area contributed by atoms with Crippen molar-refractivity contribution in [1.29, 1.82) is 0 Å². The first-order chi connectivity index (χ1) is 14.3. The zero-order valence-electron chi connectivity index (χ0n) is 16.2. The minimum atomic E-state index is 0.484. The van der Waals surface area contributed by atoms with E-state index < -0.39 is 0 Å². The summed E-state index contributed by atoms with van der Waals surface area (Å²) in [7, 11) is 1.64. The lowest BCUT2D eigenvalue weighted by molar-refractivity contribution is 0.329. The quantitative estimate of drug-likeness (QED) is 0.555. The molecule has 3 heterocycles. The van der Waals surface area contributed by atoms with Gasteiger partial charge in [0, 0.05) is 6.20 Å². The summed E-state index contributed by atoms with van der Waals surface area (Å²) in [6.45, 7) is 0. The van der Waals surface area contributed by atoms with Gasteiger partial charge < -0.3 is 10.1 Å². The van der Waals surface area contributed by atoms with Crippen LogP contribution in [0.2, 0.25) is 0 Å². The van der Waals surface area contributed by atoms with Gasteiger partial charge in [0.2, 0.25) is 5.95 Å². The Balaban J connectivity index is 1.40. The highest BCUT2D eigenvalue weighted by atomic mass is 16.5. The first kappa shape index (κ1) is 17.6. The van der Waals surface area contributed by atoms with Crippen molar-refractivity contribution in [3.8, 4) is 11.4 Å². The van der Waals surface area contributed by atoms with Crippen LogP contribution in [-0.2, 0) is 0 Å². The Morgan fingerprint density at radius 3 is 2.69 bits per heavy atom. The average molecular weight is 390 g/mol. The molecule has 0 unspecified atom stereocenters. The van der Waals surface area contributed by atoms with Crippen LogP contribution in [0.5, 0.6) is 5.75 Å². The molecule has 0 amide bonds. The number of benzene rings is 1. The number of rotatable bonds is 5. The number of ether oxygens (including phenoxy) is 1. The van der Waals surface area contributed by atoms with E-state index >= 15 is 0 Å². The monoisotopic (exact) mass is 390 g/mol. The van der Waals surface area contributed by atoms with Gasteiger partial charge in [-0.3, -0.25) is 4.68 Å². The average Bonchev–Trinajstić information content (AvgIpc) is 3.41. The van der Waals surface area contributed by atoms with Crippen molar-refractivity contribution in [3.05, 3.63) is 42.9 Å². The van der Waals surface area contributed by atoms with Crippen LogP contribution in [0, 0.1) is 0 Å². The summed E-state index contributed by atoms with van der Waals surface area (Å²) in [6.07, 6.45) is 11.8. The van der Waals surface area contributed by atoms with Crippen LogP contribution < -0.4 is 10.1 Å². The summed E-state index contributed by atoms with van der Waals surface area (Å²) in [5.74, 6) is 1.27. The van der Waals surface area contributed by atoms with E-state index in [-0.39, 0.29) is 0 Å². The minimum Gasteiger partial charge on any atom is -0.497 e. The molecule has 0 bridgehead atoms. The predicted octanol–water partition coefficient (Wildman–Crippen LogP) is 3.66. The highest BCUT2D eigenvalue weighted by Gasteiger charge is 2.16. The molecule has 0 spiro atoms. The molecule has 9 nitrogen and oxygen atoms in total. The summed E-state index contributed by atoms with van der Waals surface area (Å²) in [5, 5.41) is 16.2. The molecule has 3 aromatic heterocycles. The van der Waals surface area contributed by atoms with Gasteiger partial charge in [-0.05, 0) is 37.1 Å². The van der Waals surface area contributed by atoms with Crippen LogP contribution in [-0.4, -0.2) is 41.9 Å². The number of hydrogen-bond donors (Lipinski definition) is 1. The molecule has 148 valence electrons. The van der Waals surface area contributed by atoms with Gasteiger partial charge in [0.25, 0.3) is 0 Å². The van der Waals surface area contributed by atoms with E-state index in [2.05, 4.69) is 35.4 Å². The molecular weight excluding hydrogens is 368 g/mol. The number of nitrogens with zero attached hydrogens (tertiary/aromatic N) is 7. The lowest BCUT2D eigenvalue weighted by atomic mass is 9.96. The van der Waals surface area contributed by atoms with Crippen molar-refractivity contribution in [2.45, 2.75) is 38.1 Å². The zero-order chi connectivity index (χ0) is 19.6.